The molecule has 4 heterocycles. The molecule has 0 spiro atoms. The molecule has 0 radical (unpaired) electrons. The van der Waals surface area contributed by atoms with Crippen LogP contribution in [0.2, 0.25) is 0 Å². The molecule has 10 nitrogen and oxygen atoms in total. The Bertz CT molecular complexity index is 1320. The summed E-state index contributed by atoms with van der Waals surface area (Å²) in [5.41, 5.74) is 0.0259. The van der Waals surface area contributed by atoms with E-state index >= 15 is 0 Å². The van der Waals surface area contributed by atoms with Crippen molar-refractivity contribution < 1.29 is 23.0 Å². The van der Waals surface area contributed by atoms with Crippen molar-refractivity contribution in [2.24, 2.45) is 0 Å². The van der Waals surface area contributed by atoms with Crippen LogP contribution in [0.15, 0.2) is 30.9 Å². The zero-order valence-electron chi connectivity index (χ0n) is 20.6. The first-order chi connectivity index (χ1) is 17.0. The van der Waals surface area contributed by atoms with Gasteiger partial charge in [-0.25, -0.2) is 19.7 Å². The molecule has 3 aromatic rings. The van der Waals surface area contributed by atoms with Gasteiger partial charge in [0.1, 0.15) is 29.0 Å². The predicted octanol–water partition coefficient (Wildman–Crippen LogP) is 4.12. The minimum Gasteiger partial charge on any atom is -0.444 e. The minimum atomic E-state index is -3.07. The Morgan fingerprint density at radius 1 is 1.19 bits per heavy atom. The van der Waals surface area contributed by atoms with Crippen LogP contribution >= 0.6 is 0 Å². The molecule has 0 saturated carbocycles. The number of hydrogen-bond donors (Lipinski definition) is 0. The maximum atomic E-state index is 13.4. The van der Waals surface area contributed by atoms with E-state index in [9.17, 15) is 18.8 Å². The highest BCUT2D eigenvalue weighted by Gasteiger charge is 2.36. The van der Waals surface area contributed by atoms with Gasteiger partial charge in [0.2, 0.25) is 0 Å². The zero-order valence-corrected chi connectivity index (χ0v) is 20.6. The second kappa shape index (κ2) is 9.56. The Labute approximate surface area is 207 Å². The van der Waals surface area contributed by atoms with Gasteiger partial charge in [-0.05, 0) is 46.8 Å². The average molecular weight is 500 g/mol. The van der Waals surface area contributed by atoms with Gasteiger partial charge in [0, 0.05) is 31.4 Å². The second-order valence-corrected chi connectivity index (χ2v) is 9.64. The van der Waals surface area contributed by atoms with Crippen LogP contribution in [-0.4, -0.2) is 67.9 Å². The number of aromatic nitrogens is 4. The van der Waals surface area contributed by atoms with E-state index < -0.39 is 18.3 Å². The summed E-state index contributed by atoms with van der Waals surface area (Å²) in [6, 6.07) is 4.65. The molecule has 1 saturated heterocycles. The summed E-state index contributed by atoms with van der Waals surface area (Å²) in [6.45, 7) is 6.89. The number of nitrogens with zero attached hydrogens (tertiary/aromatic N) is 7. The molecule has 4 rings (SSSR count). The summed E-state index contributed by atoms with van der Waals surface area (Å²) in [4.78, 5) is 29.3. The highest BCUT2D eigenvalue weighted by molar-refractivity contribution is 5.95. The first kappa shape index (κ1) is 25.1. The lowest BCUT2D eigenvalue weighted by Gasteiger charge is -2.44. The number of piperazine rings is 1. The van der Waals surface area contributed by atoms with Gasteiger partial charge in [-0.3, -0.25) is 4.57 Å². The topological polar surface area (TPSA) is 109 Å². The molecular weight excluding hydrogens is 472 g/mol. The number of nitriles is 1. The van der Waals surface area contributed by atoms with Crippen LogP contribution in [0.1, 0.15) is 40.2 Å². The van der Waals surface area contributed by atoms with E-state index in [2.05, 4.69) is 15.0 Å². The van der Waals surface area contributed by atoms with Crippen molar-refractivity contribution in [3.8, 4) is 17.6 Å². The van der Waals surface area contributed by atoms with Gasteiger partial charge < -0.3 is 19.3 Å². The van der Waals surface area contributed by atoms with Gasteiger partial charge in [0.25, 0.3) is 0 Å². The van der Waals surface area contributed by atoms with Gasteiger partial charge in [-0.2, -0.15) is 14.0 Å². The molecule has 0 aromatic carbocycles. The van der Waals surface area contributed by atoms with E-state index in [-0.39, 0.29) is 23.2 Å². The highest BCUT2D eigenvalue weighted by atomic mass is 19.3. The van der Waals surface area contributed by atoms with Gasteiger partial charge in [0.15, 0.2) is 11.4 Å². The summed E-state index contributed by atoms with van der Waals surface area (Å²) in [6.07, 6.45) is 3.75. The second-order valence-electron chi connectivity index (χ2n) is 9.64. The van der Waals surface area contributed by atoms with Crippen molar-refractivity contribution in [2.75, 3.05) is 18.0 Å². The smallest absolute Gasteiger partial charge is 0.410 e. The molecule has 1 aliphatic rings. The van der Waals surface area contributed by atoms with Gasteiger partial charge >= 0.3 is 12.7 Å². The third-order valence-electron chi connectivity index (χ3n) is 5.75. The van der Waals surface area contributed by atoms with E-state index in [1.165, 1.54) is 29.4 Å². The molecule has 12 heteroatoms. The molecule has 0 bridgehead atoms. The number of amides is 1. The average Bonchev–Trinajstić information content (AvgIpc) is 3.17. The van der Waals surface area contributed by atoms with E-state index in [0.717, 1.165) is 0 Å². The fourth-order valence-corrected chi connectivity index (χ4v) is 4.21. The molecule has 2 atom stereocenters. The summed E-state index contributed by atoms with van der Waals surface area (Å²) in [5, 5.41) is 9.54. The van der Waals surface area contributed by atoms with Crippen LogP contribution in [0, 0.1) is 11.3 Å². The lowest BCUT2D eigenvalue weighted by Crippen LogP contribution is -2.59. The fraction of sp³-hybridized carbons (Fsp3) is 0.458. The van der Waals surface area contributed by atoms with Gasteiger partial charge in [0.05, 0.1) is 17.8 Å². The number of fused-ring (bicyclic) bond motifs is 1. The summed E-state index contributed by atoms with van der Waals surface area (Å²) in [5.74, 6) is 0.604. The Morgan fingerprint density at radius 2 is 1.94 bits per heavy atom. The molecule has 1 aliphatic heterocycles. The van der Waals surface area contributed by atoms with Crippen LogP contribution in [-0.2, 0) is 4.74 Å². The molecule has 36 heavy (non-hydrogen) atoms. The van der Waals surface area contributed by atoms with Crippen molar-refractivity contribution in [2.45, 2.75) is 58.9 Å². The van der Waals surface area contributed by atoms with Crippen molar-refractivity contribution in [1.29, 1.82) is 5.26 Å². The minimum absolute atomic E-state index is 0.116. The third kappa shape index (κ3) is 5.00. The molecule has 1 amide bonds. The lowest BCUT2D eigenvalue weighted by atomic mass is 10.1. The van der Waals surface area contributed by atoms with E-state index in [4.69, 9.17) is 9.47 Å². The quantitative estimate of drug-likeness (QED) is 0.527. The number of hydrogen-bond acceptors (Lipinski definition) is 8. The maximum Gasteiger partial charge on any atom is 0.410 e. The van der Waals surface area contributed by atoms with Crippen molar-refractivity contribution in [3.05, 3.63) is 36.4 Å². The van der Waals surface area contributed by atoms with E-state index in [1.54, 1.807) is 11.0 Å². The number of anilines is 1. The van der Waals surface area contributed by atoms with Crippen LogP contribution in [0.25, 0.3) is 16.9 Å². The van der Waals surface area contributed by atoms with Crippen LogP contribution < -0.4 is 9.64 Å². The van der Waals surface area contributed by atoms with Crippen molar-refractivity contribution in [1.82, 2.24) is 24.4 Å². The summed E-state index contributed by atoms with van der Waals surface area (Å²) in [7, 11) is 0. The molecule has 1 fully saturated rings. The standard InChI is InChI=1S/C24H27F2N7O3/c1-14-11-32(23(34)36-24(3,4)5)15(2)10-31(14)20-19-17(35-22(25)26)12-33(21(19)30-13-29-20)18-8-16(9-27)6-7-28-18/h6-8,12-15,22H,10-11H2,1-5H3. The molecular formula is C24H27F2N7O3. The zero-order chi connectivity index (χ0) is 26.2. The SMILES string of the molecule is CC1CN(c2ncnc3c2c(OC(F)F)cn3-c2cc(C#N)ccn2)C(C)CN1C(=O)OC(C)(C)C. The first-order valence-corrected chi connectivity index (χ1v) is 11.4. The highest BCUT2D eigenvalue weighted by Crippen LogP contribution is 2.38. The number of halogens is 2. The van der Waals surface area contributed by atoms with Crippen molar-refractivity contribution in [3.63, 3.8) is 0 Å². The monoisotopic (exact) mass is 499 g/mol. The third-order valence-corrected chi connectivity index (χ3v) is 5.75. The number of alkyl halides is 2. The number of carbonyl (C=O) groups excluding carboxylic acids is 1. The number of carbonyl (C=O) groups is 1. The molecule has 3 aromatic heterocycles. The maximum absolute atomic E-state index is 13.4. The molecule has 190 valence electrons. The predicted molar refractivity (Wildman–Crippen MR) is 127 cm³/mol. The van der Waals surface area contributed by atoms with Crippen molar-refractivity contribution >= 4 is 22.9 Å². The Hall–Kier alpha value is -4.01. The first-order valence-electron chi connectivity index (χ1n) is 11.4. The van der Waals surface area contributed by atoms with E-state index in [1.807, 2.05) is 45.6 Å². The lowest BCUT2D eigenvalue weighted by molar-refractivity contribution is -0.0488. The fourth-order valence-electron chi connectivity index (χ4n) is 4.21. The summed E-state index contributed by atoms with van der Waals surface area (Å²) < 4.78 is 38.6. The van der Waals surface area contributed by atoms with Crippen LogP contribution in [0.3, 0.4) is 0 Å². The largest absolute Gasteiger partial charge is 0.444 e. The Morgan fingerprint density at radius 3 is 2.61 bits per heavy atom. The van der Waals surface area contributed by atoms with Crippen LogP contribution in [0.4, 0.5) is 19.4 Å². The van der Waals surface area contributed by atoms with Gasteiger partial charge in [-0.1, -0.05) is 0 Å². The molecule has 0 N–H and O–H groups in total. The Balaban J connectivity index is 1.76. The summed E-state index contributed by atoms with van der Waals surface area (Å²) >= 11 is 0. The number of rotatable bonds is 4. The molecule has 2 unspecified atom stereocenters. The number of pyridine rings is 1. The Kier molecular flexibility index (Phi) is 6.67. The normalized spacial score (nSPS) is 18.4. The molecule has 0 aliphatic carbocycles. The van der Waals surface area contributed by atoms with Gasteiger partial charge in [-0.15, -0.1) is 0 Å². The van der Waals surface area contributed by atoms with Crippen LogP contribution in [0.5, 0.6) is 5.75 Å². The number of ether oxygens (including phenoxy) is 2. The van der Waals surface area contributed by atoms with E-state index in [0.29, 0.717) is 35.9 Å².